The Hall–Kier alpha value is -0.780. The lowest BCUT2D eigenvalue weighted by atomic mass is 9.78. The summed E-state index contributed by atoms with van der Waals surface area (Å²) in [5, 5.41) is 3.58. The van der Waals surface area contributed by atoms with Crippen LogP contribution >= 0.6 is 24.0 Å². The highest BCUT2D eigenvalue weighted by Crippen LogP contribution is 2.34. The quantitative estimate of drug-likeness (QED) is 0.470. The highest BCUT2D eigenvalue weighted by atomic mass is 127. The molecule has 0 bridgehead atoms. The molecule has 1 saturated heterocycles. The van der Waals surface area contributed by atoms with Crippen molar-refractivity contribution in [2.24, 2.45) is 10.9 Å². The molecule has 0 amide bonds. The van der Waals surface area contributed by atoms with Crippen molar-refractivity contribution in [3.8, 4) is 0 Å². The Bertz CT molecular complexity index is 501. The Balaban J connectivity index is 0.00000161. The minimum Gasteiger partial charge on any atom is -0.356 e. The van der Waals surface area contributed by atoms with Crippen LogP contribution in [-0.4, -0.2) is 37.5 Å². The van der Waals surface area contributed by atoms with Gasteiger partial charge < -0.3 is 10.2 Å². The van der Waals surface area contributed by atoms with Crippen molar-refractivity contribution in [2.45, 2.75) is 32.1 Å². The summed E-state index contributed by atoms with van der Waals surface area (Å²) < 4.78 is 0. The number of hydrogen-bond donors (Lipinski definition) is 1. The van der Waals surface area contributed by atoms with Crippen molar-refractivity contribution in [3.05, 3.63) is 35.4 Å². The van der Waals surface area contributed by atoms with Crippen molar-refractivity contribution in [3.63, 3.8) is 0 Å². The number of rotatable bonds is 2. The molecule has 0 aromatic heterocycles. The largest absolute Gasteiger partial charge is 0.356 e. The average molecular weight is 399 g/mol. The fourth-order valence-corrected chi connectivity index (χ4v) is 3.47. The van der Waals surface area contributed by atoms with Gasteiger partial charge in [0.2, 0.25) is 0 Å². The van der Waals surface area contributed by atoms with Crippen molar-refractivity contribution < 1.29 is 0 Å². The number of guanidine groups is 1. The van der Waals surface area contributed by atoms with Crippen LogP contribution in [0.25, 0.3) is 0 Å². The number of halogens is 1. The predicted molar refractivity (Wildman–Crippen MR) is 99.6 cm³/mol. The van der Waals surface area contributed by atoms with Gasteiger partial charge in [0, 0.05) is 32.6 Å². The number of nitrogens with zero attached hydrogens (tertiary/aromatic N) is 2. The Kier molecular flexibility index (Phi) is 5.90. The lowest BCUT2D eigenvalue weighted by Crippen LogP contribution is -2.47. The van der Waals surface area contributed by atoms with Crippen LogP contribution in [0.1, 0.15) is 36.8 Å². The van der Waals surface area contributed by atoms with Gasteiger partial charge in [-0.25, -0.2) is 0 Å². The molecule has 4 heteroatoms. The molecular formula is C17H26IN3. The molecule has 21 heavy (non-hydrogen) atoms. The fourth-order valence-electron chi connectivity index (χ4n) is 3.47. The maximum atomic E-state index is 4.46. The molecule has 3 nitrogen and oxygen atoms in total. The molecule has 1 N–H and O–H groups in total. The molecule has 1 heterocycles. The van der Waals surface area contributed by atoms with Crippen molar-refractivity contribution in [1.82, 2.24) is 10.2 Å². The van der Waals surface area contributed by atoms with Gasteiger partial charge in [0.25, 0.3) is 0 Å². The van der Waals surface area contributed by atoms with Crippen molar-refractivity contribution >= 4 is 29.9 Å². The van der Waals surface area contributed by atoms with Crippen LogP contribution in [-0.2, 0) is 6.42 Å². The SMILES string of the molecule is CN=C(NCC1Cc2ccccc21)N1CCCC(C)C1.I. The summed E-state index contributed by atoms with van der Waals surface area (Å²) in [6.07, 6.45) is 3.84. The fraction of sp³-hybridized carbons (Fsp3) is 0.588. The van der Waals surface area contributed by atoms with Crippen LogP contribution in [0.15, 0.2) is 29.3 Å². The topological polar surface area (TPSA) is 27.6 Å². The van der Waals surface area contributed by atoms with E-state index in [1.807, 2.05) is 7.05 Å². The molecule has 0 radical (unpaired) electrons. The summed E-state index contributed by atoms with van der Waals surface area (Å²) in [6.45, 7) is 5.63. The first-order valence-corrected chi connectivity index (χ1v) is 7.81. The van der Waals surface area contributed by atoms with E-state index in [0.717, 1.165) is 31.5 Å². The molecular weight excluding hydrogens is 373 g/mol. The summed E-state index contributed by atoms with van der Waals surface area (Å²) in [7, 11) is 1.90. The van der Waals surface area contributed by atoms with Crippen LogP contribution in [0.5, 0.6) is 0 Å². The minimum absolute atomic E-state index is 0. The number of nitrogens with one attached hydrogen (secondary N) is 1. The van der Waals surface area contributed by atoms with E-state index in [1.165, 1.54) is 30.4 Å². The molecule has 0 saturated carbocycles. The van der Waals surface area contributed by atoms with Crippen LogP contribution in [0, 0.1) is 5.92 Å². The molecule has 2 aliphatic rings. The summed E-state index contributed by atoms with van der Waals surface area (Å²) in [6, 6.07) is 8.78. The van der Waals surface area contributed by atoms with Gasteiger partial charge >= 0.3 is 0 Å². The first-order valence-electron chi connectivity index (χ1n) is 7.81. The van der Waals surface area contributed by atoms with E-state index >= 15 is 0 Å². The van der Waals surface area contributed by atoms with E-state index in [-0.39, 0.29) is 24.0 Å². The van der Waals surface area contributed by atoms with Gasteiger partial charge in [0.1, 0.15) is 0 Å². The smallest absolute Gasteiger partial charge is 0.193 e. The second kappa shape index (κ2) is 7.47. The molecule has 1 aliphatic heterocycles. The molecule has 1 aliphatic carbocycles. The number of fused-ring (bicyclic) bond motifs is 1. The highest BCUT2D eigenvalue weighted by Gasteiger charge is 2.26. The van der Waals surface area contributed by atoms with E-state index in [4.69, 9.17) is 0 Å². The van der Waals surface area contributed by atoms with Crippen LogP contribution in [0.3, 0.4) is 0 Å². The number of piperidine rings is 1. The molecule has 1 aromatic rings. The Labute approximate surface area is 145 Å². The zero-order valence-electron chi connectivity index (χ0n) is 13.0. The van der Waals surface area contributed by atoms with Crippen LogP contribution in [0.2, 0.25) is 0 Å². The van der Waals surface area contributed by atoms with Gasteiger partial charge in [-0.3, -0.25) is 4.99 Å². The zero-order chi connectivity index (χ0) is 13.9. The van der Waals surface area contributed by atoms with Gasteiger partial charge in [-0.05, 0) is 36.3 Å². The van der Waals surface area contributed by atoms with Crippen molar-refractivity contribution in [2.75, 3.05) is 26.7 Å². The third-order valence-electron chi connectivity index (χ3n) is 4.64. The summed E-state index contributed by atoms with van der Waals surface area (Å²) >= 11 is 0. The Morgan fingerprint density at radius 1 is 1.38 bits per heavy atom. The van der Waals surface area contributed by atoms with Gasteiger partial charge in [-0.15, -0.1) is 24.0 Å². The van der Waals surface area contributed by atoms with Crippen LogP contribution < -0.4 is 5.32 Å². The number of aliphatic imine (C=N–C) groups is 1. The Morgan fingerprint density at radius 3 is 2.90 bits per heavy atom. The van der Waals surface area contributed by atoms with E-state index < -0.39 is 0 Å². The van der Waals surface area contributed by atoms with Gasteiger partial charge in [0.15, 0.2) is 5.96 Å². The number of benzene rings is 1. The first kappa shape index (κ1) is 16.6. The molecule has 116 valence electrons. The number of likely N-dealkylation sites (tertiary alicyclic amines) is 1. The average Bonchev–Trinajstić information content (AvgIpc) is 2.44. The molecule has 1 fully saturated rings. The maximum Gasteiger partial charge on any atom is 0.193 e. The second-order valence-corrected chi connectivity index (χ2v) is 6.22. The maximum absolute atomic E-state index is 4.46. The summed E-state index contributed by atoms with van der Waals surface area (Å²) in [4.78, 5) is 6.88. The van der Waals surface area contributed by atoms with E-state index in [1.54, 1.807) is 0 Å². The minimum atomic E-state index is 0. The molecule has 3 rings (SSSR count). The second-order valence-electron chi connectivity index (χ2n) is 6.22. The Morgan fingerprint density at radius 2 is 2.19 bits per heavy atom. The highest BCUT2D eigenvalue weighted by molar-refractivity contribution is 14.0. The van der Waals surface area contributed by atoms with Crippen molar-refractivity contribution in [1.29, 1.82) is 0 Å². The van der Waals surface area contributed by atoms with Gasteiger partial charge in [-0.1, -0.05) is 31.2 Å². The normalized spacial score (nSPS) is 24.7. The summed E-state index contributed by atoms with van der Waals surface area (Å²) in [5.41, 5.74) is 3.03. The standard InChI is InChI=1S/C17H25N3.HI/c1-13-6-5-9-20(12-13)17(18-2)19-11-15-10-14-7-3-4-8-16(14)15;/h3-4,7-8,13,15H,5-6,9-12H2,1-2H3,(H,18,19);1H. The van der Waals surface area contributed by atoms with Gasteiger partial charge in [0.05, 0.1) is 0 Å². The summed E-state index contributed by atoms with van der Waals surface area (Å²) in [5.74, 6) is 2.53. The third kappa shape index (κ3) is 3.71. The monoisotopic (exact) mass is 399 g/mol. The van der Waals surface area contributed by atoms with E-state index in [0.29, 0.717) is 5.92 Å². The van der Waals surface area contributed by atoms with E-state index in [2.05, 4.69) is 46.4 Å². The molecule has 2 unspecified atom stereocenters. The zero-order valence-corrected chi connectivity index (χ0v) is 15.3. The molecule has 0 spiro atoms. The number of hydrogen-bond acceptors (Lipinski definition) is 1. The predicted octanol–water partition coefficient (Wildman–Crippen LogP) is 3.25. The van der Waals surface area contributed by atoms with Gasteiger partial charge in [-0.2, -0.15) is 0 Å². The first-order chi connectivity index (χ1) is 9.78. The van der Waals surface area contributed by atoms with Crippen LogP contribution in [0.4, 0.5) is 0 Å². The lowest BCUT2D eigenvalue weighted by Gasteiger charge is -2.36. The molecule has 1 aromatic carbocycles. The third-order valence-corrected chi connectivity index (χ3v) is 4.64. The lowest BCUT2D eigenvalue weighted by molar-refractivity contribution is 0.265. The van der Waals surface area contributed by atoms with E-state index in [9.17, 15) is 0 Å². The molecule has 2 atom stereocenters.